The van der Waals surface area contributed by atoms with E-state index in [-0.39, 0.29) is 36.4 Å². The van der Waals surface area contributed by atoms with Crippen LogP contribution in [0.1, 0.15) is 53.4 Å². The number of amides is 1. The van der Waals surface area contributed by atoms with E-state index in [0.29, 0.717) is 6.54 Å². The number of aliphatic imine (C=N–C) groups is 1. The molecule has 1 fully saturated rings. The third kappa shape index (κ3) is 7.68. The van der Waals surface area contributed by atoms with E-state index < -0.39 is 0 Å². The number of nitrogens with one attached hydrogen (secondary N) is 3. The van der Waals surface area contributed by atoms with Crippen molar-refractivity contribution in [1.82, 2.24) is 16.0 Å². The standard InChI is InChI=1S/C17H34N4O2/c1-5-18-17(19-10-13(4)11-22)21-15-8-6-7-14(9-15)16(23)20-12(2)3/h12-15,22H,5-11H2,1-4H3,(H,20,23)(H2,18,19,21). The molecule has 0 aromatic rings. The summed E-state index contributed by atoms with van der Waals surface area (Å²) in [6, 6.07) is 0.462. The maximum atomic E-state index is 12.2. The van der Waals surface area contributed by atoms with E-state index in [1.54, 1.807) is 0 Å². The van der Waals surface area contributed by atoms with Gasteiger partial charge in [0.05, 0.1) is 0 Å². The van der Waals surface area contributed by atoms with Crippen LogP contribution in [0.15, 0.2) is 4.99 Å². The number of aliphatic hydroxyl groups is 1. The molecule has 3 unspecified atom stereocenters. The van der Waals surface area contributed by atoms with Gasteiger partial charge in [-0.05, 0) is 46.0 Å². The zero-order valence-corrected chi connectivity index (χ0v) is 15.1. The highest BCUT2D eigenvalue weighted by Gasteiger charge is 2.27. The number of nitrogens with zero attached hydrogens (tertiary/aromatic N) is 1. The predicted octanol–water partition coefficient (Wildman–Crippen LogP) is 1.25. The Labute approximate surface area is 140 Å². The van der Waals surface area contributed by atoms with E-state index in [1.165, 1.54) is 0 Å². The highest BCUT2D eigenvalue weighted by Crippen LogP contribution is 2.24. The molecule has 23 heavy (non-hydrogen) atoms. The number of hydrogen-bond donors (Lipinski definition) is 4. The second-order valence-electron chi connectivity index (χ2n) is 6.88. The van der Waals surface area contributed by atoms with Gasteiger partial charge in [-0.15, -0.1) is 0 Å². The molecule has 0 aromatic carbocycles. The van der Waals surface area contributed by atoms with Crippen molar-refractivity contribution in [2.45, 2.75) is 65.5 Å². The maximum absolute atomic E-state index is 12.2. The summed E-state index contributed by atoms with van der Waals surface area (Å²) in [6.07, 6.45) is 3.93. The van der Waals surface area contributed by atoms with Crippen molar-refractivity contribution >= 4 is 11.9 Å². The normalized spacial score (nSPS) is 23.5. The number of guanidine groups is 1. The third-order valence-corrected chi connectivity index (χ3v) is 4.03. The highest BCUT2D eigenvalue weighted by molar-refractivity contribution is 5.81. The summed E-state index contributed by atoms with van der Waals surface area (Å²) in [4.78, 5) is 16.7. The van der Waals surface area contributed by atoms with Gasteiger partial charge in [-0.3, -0.25) is 9.79 Å². The molecule has 134 valence electrons. The van der Waals surface area contributed by atoms with E-state index >= 15 is 0 Å². The minimum atomic E-state index is 0.0860. The first kappa shape index (κ1) is 19.7. The van der Waals surface area contributed by atoms with Crippen LogP contribution in [0.3, 0.4) is 0 Å². The molecule has 1 amide bonds. The van der Waals surface area contributed by atoms with Crippen LogP contribution in [-0.2, 0) is 4.79 Å². The van der Waals surface area contributed by atoms with Crippen molar-refractivity contribution in [3.63, 3.8) is 0 Å². The van der Waals surface area contributed by atoms with Gasteiger partial charge in [0.25, 0.3) is 0 Å². The van der Waals surface area contributed by atoms with E-state index in [1.807, 2.05) is 27.7 Å². The van der Waals surface area contributed by atoms with Gasteiger partial charge in [-0.25, -0.2) is 0 Å². The number of carbonyl (C=O) groups excluding carboxylic acids is 1. The molecule has 6 nitrogen and oxygen atoms in total. The molecule has 1 rings (SSSR count). The number of carbonyl (C=O) groups is 1. The SMILES string of the molecule is CCNC(=NCC(C)CO)NC1CCCC(C(=O)NC(C)C)C1. The molecule has 1 aliphatic carbocycles. The van der Waals surface area contributed by atoms with Crippen LogP contribution in [0.5, 0.6) is 0 Å². The number of hydrogen-bond acceptors (Lipinski definition) is 3. The molecule has 0 bridgehead atoms. The lowest BCUT2D eigenvalue weighted by Gasteiger charge is -2.30. The van der Waals surface area contributed by atoms with Gasteiger partial charge in [0.2, 0.25) is 5.91 Å². The van der Waals surface area contributed by atoms with Crippen LogP contribution in [0.4, 0.5) is 0 Å². The van der Waals surface area contributed by atoms with Crippen molar-refractivity contribution in [2.24, 2.45) is 16.8 Å². The molecule has 0 aliphatic heterocycles. The summed E-state index contributed by atoms with van der Waals surface area (Å²) in [5, 5.41) is 18.8. The molecule has 6 heteroatoms. The summed E-state index contributed by atoms with van der Waals surface area (Å²) in [5.74, 6) is 1.19. The lowest BCUT2D eigenvalue weighted by molar-refractivity contribution is -0.126. The van der Waals surface area contributed by atoms with Gasteiger partial charge in [-0.2, -0.15) is 0 Å². The van der Waals surface area contributed by atoms with E-state index in [2.05, 4.69) is 20.9 Å². The molecular weight excluding hydrogens is 292 g/mol. The number of rotatable bonds is 7. The lowest BCUT2D eigenvalue weighted by atomic mass is 9.85. The van der Waals surface area contributed by atoms with Crippen LogP contribution in [-0.4, -0.2) is 48.8 Å². The fourth-order valence-electron chi connectivity index (χ4n) is 2.78. The molecule has 3 atom stereocenters. The van der Waals surface area contributed by atoms with Crippen molar-refractivity contribution in [2.75, 3.05) is 19.7 Å². The Morgan fingerprint density at radius 3 is 2.65 bits per heavy atom. The Hall–Kier alpha value is -1.30. The van der Waals surface area contributed by atoms with Crippen molar-refractivity contribution in [3.8, 4) is 0 Å². The monoisotopic (exact) mass is 326 g/mol. The summed E-state index contributed by atoms with van der Waals surface area (Å²) >= 11 is 0. The molecule has 1 aliphatic rings. The number of aliphatic hydroxyl groups excluding tert-OH is 1. The molecule has 1 saturated carbocycles. The summed E-state index contributed by atoms with van der Waals surface area (Å²) in [5.41, 5.74) is 0. The topological polar surface area (TPSA) is 85.8 Å². The quantitative estimate of drug-likeness (QED) is 0.419. The van der Waals surface area contributed by atoms with Gasteiger partial charge in [-0.1, -0.05) is 13.3 Å². The Bertz CT molecular complexity index is 385. The molecule has 0 saturated heterocycles. The minimum Gasteiger partial charge on any atom is -0.396 e. The zero-order chi connectivity index (χ0) is 17.2. The fraction of sp³-hybridized carbons (Fsp3) is 0.882. The Balaban J connectivity index is 2.56. The van der Waals surface area contributed by atoms with Gasteiger partial charge in [0.15, 0.2) is 5.96 Å². The molecule has 0 radical (unpaired) electrons. The van der Waals surface area contributed by atoms with Gasteiger partial charge in [0, 0.05) is 37.7 Å². The van der Waals surface area contributed by atoms with Gasteiger partial charge in [0.1, 0.15) is 0 Å². The van der Waals surface area contributed by atoms with Crippen LogP contribution < -0.4 is 16.0 Å². The van der Waals surface area contributed by atoms with E-state index in [4.69, 9.17) is 5.11 Å². The molecule has 0 heterocycles. The van der Waals surface area contributed by atoms with E-state index in [9.17, 15) is 4.79 Å². The van der Waals surface area contributed by atoms with Crippen molar-refractivity contribution < 1.29 is 9.90 Å². The Kier molecular flexibility index (Phi) is 8.99. The Morgan fingerprint density at radius 1 is 1.30 bits per heavy atom. The maximum Gasteiger partial charge on any atom is 0.223 e. The average molecular weight is 326 g/mol. The lowest BCUT2D eigenvalue weighted by Crippen LogP contribution is -2.47. The first-order valence-corrected chi connectivity index (χ1v) is 8.92. The largest absolute Gasteiger partial charge is 0.396 e. The predicted molar refractivity (Wildman–Crippen MR) is 94.4 cm³/mol. The van der Waals surface area contributed by atoms with Crippen LogP contribution in [0, 0.1) is 11.8 Å². The van der Waals surface area contributed by atoms with Crippen LogP contribution >= 0.6 is 0 Å². The highest BCUT2D eigenvalue weighted by atomic mass is 16.3. The minimum absolute atomic E-state index is 0.0860. The smallest absolute Gasteiger partial charge is 0.223 e. The third-order valence-electron chi connectivity index (χ3n) is 4.03. The van der Waals surface area contributed by atoms with Gasteiger partial charge < -0.3 is 21.1 Å². The Morgan fingerprint density at radius 2 is 2.04 bits per heavy atom. The van der Waals surface area contributed by atoms with Gasteiger partial charge >= 0.3 is 0 Å². The van der Waals surface area contributed by atoms with Crippen molar-refractivity contribution in [1.29, 1.82) is 0 Å². The fourth-order valence-corrected chi connectivity index (χ4v) is 2.78. The van der Waals surface area contributed by atoms with Crippen molar-refractivity contribution in [3.05, 3.63) is 0 Å². The first-order chi connectivity index (χ1) is 11.0. The van der Waals surface area contributed by atoms with Crippen LogP contribution in [0.2, 0.25) is 0 Å². The second-order valence-corrected chi connectivity index (χ2v) is 6.88. The van der Waals surface area contributed by atoms with E-state index in [0.717, 1.165) is 38.2 Å². The summed E-state index contributed by atoms with van der Waals surface area (Å²) in [7, 11) is 0. The average Bonchev–Trinajstić information content (AvgIpc) is 2.52. The van der Waals surface area contributed by atoms with Crippen LogP contribution in [0.25, 0.3) is 0 Å². The second kappa shape index (κ2) is 10.5. The molecule has 0 spiro atoms. The summed E-state index contributed by atoms with van der Waals surface area (Å²) in [6.45, 7) is 9.53. The molecular formula is C17H34N4O2. The zero-order valence-electron chi connectivity index (χ0n) is 15.1. The molecule has 0 aromatic heterocycles. The first-order valence-electron chi connectivity index (χ1n) is 8.92. The molecule has 4 N–H and O–H groups in total. The summed E-state index contributed by atoms with van der Waals surface area (Å²) < 4.78 is 0.